The Balaban J connectivity index is 1.85. The quantitative estimate of drug-likeness (QED) is 0.461. The third-order valence-electron chi connectivity index (χ3n) is 3.53. The molecule has 1 atom stereocenters. The van der Waals surface area contributed by atoms with Gasteiger partial charge in [-0.15, -0.1) is 0 Å². The van der Waals surface area contributed by atoms with Crippen molar-refractivity contribution in [3.05, 3.63) is 35.4 Å². The summed E-state index contributed by atoms with van der Waals surface area (Å²) < 4.78 is 5.81. The molecule has 1 aliphatic heterocycles. The second-order valence-electron chi connectivity index (χ2n) is 5.33. The summed E-state index contributed by atoms with van der Waals surface area (Å²) >= 11 is 0. The van der Waals surface area contributed by atoms with Crippen molar-refractivity contribution in [2.24, 2.45) is 10.8 Å². The number of fused-ring (bicyclic) bond motifs is 1. The molecule has 0 bridgehead atoms. The Hall–Kier alpha value is -2.14. The largest absolute Gasteiger partial charge is 0.485 e. The Labute approximate surface area is 131 Å². The highest BCUT2D eigenvalue weighted by Crippen LogP contribution is 2.28. The van der Waals surface area contributed by atoms with Gasteiger partial charge in [-0.05, 0) is 38.5 Å². The van der Waals surface area contributed by atoms with Crippen LogP contribution in [0.5, 0.6) is 5.75 Å². The number of rotatable bonds is 7. The first kappa shape index (κ1) is 16.2. The van der Waals surface area contributed by atoms with Crippen LogP contribution in [0.3, 0.4) is 0 Å². The van der Waals surface area contributed by atoms with Crippen molar-refractivity contribution in [3.63, 3.8) is 0 Å². The van der Waals surface area contributed by atoms with Crippen LogP contribution in [0.25, 0.3) is 6.08 Å². The Morgan fingerprint density at radius 3 is 3.00 bits per heavy atom. The number of para-hydroxylation sites is 1. The van der Waals surface area contributed by atoms with E-state index < -0.39 is 0 Å². The summed E-state index contributed by atoms with van der Waals surface area (Å²) in [5.74, 6) is 0.801. The maximum Gasteiger partial charge on any atom is 0.240 e. The monoisotopic (exact) mass is 301 g/mol. The van der Waals surface area contributed by atoms with Crippen LogP contribution >= 0.6 is 0 Å². The van der Waals surface area contributed by atoms with Gasteiger partial charge in [-0.1, -0.05) is 24.6 Å². The van der Waals surface area contributed by atoms with Crippen LogP contribution < -0.4 is 15.9 Å². The fraction of sp³-hybridized carbons (Fsp3) is 0.412. The van der Waals surface area contributed by atoms with Crippen molar-refractivity contribution in [1.82, 2.24) is 5.43 Å². The number of unbranched alkanes of at least 4 members (excludes halogenated alkanes) is 2. The second-order valence-corrected chi connectivity index (χ2v) is 5.33. The highest BCUT2D eigenvalue weighted by molar-refractivity contribution is 5.89. The molecule has 2 rings (SSSR count). The normalized spacial score (nSPS) is 16.8. The first-order chi connectivity index (χ1) is 10.7. The van der Waals surface area contributed by atoms with Crippen molar-refractivity contribution in [2.45, 2.75) is 38.7 Å². The van der Waals surface area contributed by atoms with E-state index in [4.69, 9.17) is 10.5 Å². The van der Waals surface area contributed by atoms with E-state index in [1.165, 1.54) is 0 Å². The molecule has 0 radical (unpaired) electrons. The standard InChI is InChI=1S/C17H23N3O2/c1-13-15(11-14-7-4-5-8-16(14)22-13)12-19-20-17(21)9-3-2-6-10-18/h4-5,7-8,11-13H,2-3,6,9-10,18H2,1H3,(H,20,21)/b19-12-/t13-/m0/s1. The van der Waals surface area contributed by atoms with E-state index in [9.17, 15) is 4.79 Å². The molecule has 5 nitrogen and oxygen atoms in total. The van der Waals surface area contributed by atoms with Gasteiger partial charge in [-0.2, -0.15) is 5.10 Å². The van der Waals surface area contributed by atoms with Gasteiger partial charge >= 0.3 is 0 Å². The molecule has 1 aromatic carbocycles. The number of carbonyl (C=O) groups excluding carboxylic acids is 1. The average molecular weight is 301 g/mol. The summed E-state index contributed by atoms with van der Waals surface area (Å²) in [5, 5.41) is 4.02. The number of nitrogens with two attached hydrogens (primary N) is 1. The van der Waals surface area contributed by atoms with Crippen LogP contribution in [0.15, 0.2) is 34.9 Å². The Morgan fingerprint density at radius 2 is 2.18 bits per heavy atom. The minimum Gasteiger partial charge on any atom is -0.485 e. The number of benzene rings is 1. The van der Waals surface area contributed by atoms with E-state index in [0.717, 1.165) is 36.1 Å². The molecule has 1 amide bonds. The Kier molecular flexibility index (Phi) is 6.15. The molecule has 0 saturated carbocycles. The minimum absolute atomic E-state index is 0.0707. The molecule has 1 aromatic rings. The lowest BCUT2D eigenvalue weighted by Crippen LogP contribution is -2.22. The lowest BCUT2D eigenvalue weighted by molar-refractivity contribution is -0.121. The highest BCUT2D eigenvalue weighted by atomic mass is 16.5. The molecule has 3 N–H and O–H groups in total. The lowest BCUT2D eigenvalue weighted by atomic mass is 10.0. The molecule has 1 aliphatic rings. The van der Waals surface area contributed by atoms with Crippen LogP contribution in [0, 0.1) is 0 Å². The smallest absolute Gasteiger partial charge is 0.240 e. The van der Waals surface area contributed by atoms with E-state index in [1.54, 1.807) is 6.21 Å². The van der Waals surface area contributed by atoms with Crippen LogP contribution in [-0.2, 0) is 4.79 Å². The summed E-state index contributed by atoms with van der Waals surface area (Å²) in [5.41, 5.74) is 9.92. The number of ether oxygens (including phenoxy) is 1. The van der Waals surface area contributed by atoms with Crippen molar-refractivity contribution >= 4 is 18.2 Å². The zero-order valence-electron chi connectivity index (χ0n) is 12.9. The van der Waals surface area contributed by atoms with E-state index in [1.807, 2.05) is 37.3 Å². The maximum atomic E-state index is 11.6. The Morgan fingerprint density at radius 1 is 1.36 bits per heavy atom. The maximum absolute atomic E-state index is 11.6. The number of carbonyl (C=O) groups is 1. The van der Waals surface area contributed by atoms with Gasteiger partial charge in [0.25, 0.3) is 0 Å². The third-order valence-corrected chi connectivity index (χ3v) is 3.53. The molecule has 5 heteroatoms. The number of hydrogen-bond donors (Lipinski definition) is 2. The van der Waals surface area contributed by atoms with E-state index in [-0.39, 0.29) is 12.0 Å². The SMILES string of the molecule is C[C@@H]1Oc2ccccc2C=C1/C=N\NC(=O)CCCCCN. The predicted octanol–water partition coefficient (Wildman–Crippen LogP) is 2.47. The van der Waals surface area contributed by atoms with Crippen molar-refractivity contribution in [3.8, 4) is 5.75 Å². The van der Waals surface area contributed by atoms with E-state index >= 15 is 0 Å². The van der Waals surface area contributed by atoms with E-state index in [2.05, 4.69) is 10.5 Å². The molecule has 0 unspecified atom stereocenters. The topological polar surface area (TPSA) is 76.7 Å². The molecule has 22 heavy (non-hydrogen) atoms. The van der Waals surface area contributed by atoms with Crippen molar-refractivity contribution in [1.29, 1.82) is 0 Å². The lowest BCUT2D eigenvalue weighted by Gasteiger charge is -2.22. The molecule has 0 fully saturated rings. The first-order valence-electron chi connectivity index (χ1n) is 7.70. The summed E-state index contributed by atoms with van der Waals surface area (Å²) in [4.78, 5) is 11.6. The molecule has 0 saturated heterocycles. The average Bonchev–Trinajstić information content (AvgIpc) is 2.52. The zero-order valence-corrected chi connectivity index (χ0v) is 12.9. The Bertz CT molecular complexity index is 567. The van der Waals surface area contributed by atoms with Gasteiger partial charge in [0.2, 0.25) is 5.91 Å². The number of nitrogens with zero attached hydrogens (tertiary/aromatic N) is 1. The molecule has 0 aromatic heterocycles. The third kappa shape index (κ3) is 4.70. The summed E-state index contributed by atoms with van der Waals surface area (Å²) in [6.07, 6.45) is 6.84. The van der Waals surface area contributed by atoms with Gasteiger partial charge in [0.05, 0.1) is 6.21 Å². The minimum atomic E-state index is -0.0832. The summed E-state index contributed by atoms with van der Waals surface area (Å²) in [7, 11) is 0. The van der Waals surface area contributed by atoms with Gasteiger partial charge in [-0.25, -0.2) is 5.43 Å². The molecular weight excluding hydrogens is 278 g/mol. The number of hydrogen-bond acceptors (Lipinski definition) is 4. The predicted molar refractivity (Wildman–Crippen MR) is 88.7 cm³/mol. The van der Waals surface area contributed by atoms with Crippen LogP contribution in [0.4, 0.5) is 0 Å². The van der Waals surface area contributed by atoms with Crippen LogP contribution in [0.1, 0.15) is 38.2 Å². The molecule has 0 aliphatic carbocycles. The van der Waals surface area contributed by atoms with Gasteiger partial charge in [-0.3, -0.25) is 4.79 Å². The second kappa shape index (κ2) is 8.34. The number of amides is 1. The number of nitrogens with one attached hydrogen (secondary N) is 1. The highest BCUT2D eigenvalue weighted by Gasteiger charge is 2.16. The van der Waals surface area contributed by atoms with Crippen molar-refractivity contribution < 1.29 is 9.53 Å². The fourth-order valence-electron chi connectivity index (χ4n) is 2.25. The molecule has 118 valence electrons. The van der Waals surface area contributed by atoms with E-state index in [0.29, 0.717) is 13.0 Å². The van der Waals surface area contributed by atoms with Gasteiger partial charge < -0.3 is 10.5 Å². The summed E-state index contributed by atoms with van der Waals surface area (Å²) in [6, 6.07) is 7.85. The molecular formula is C17H23N3O2. The fourth-order valence-corrected chi connectivity index (χ4v) is 2.25. The van der Waals surface area contributed by atoms with Crippen LogP contribution in [-0.4, -0.2) is 24.8 Å². The van der Waals surface area contributed by atoms with Crippen LogP contribution in [0.2, 0.25) is 0 Å². The van der Waals surface area contributed by atoms with Gasteiger partial charge in [0.15, 0.2) is 0 Å². The number of hydrazone groups is 1. The van der Waals surface area contributed by atoms with Crippen molar-refractivity contribution in [2.75, 3.05) is 6.54 Å². The van der Waals surface area contributed by atoms with Gasteiger partial charge in [0.1, 0.15) is 11.9 Å². The molecule has 1 heterocycles. The first-order valence-corrected chi connectivity index (χ1v) is 7.70. The van der Waals surface area contributed by atoms with Gasteiger partial charge in [0, 0.05) is 17.6 Å². The zero-order chi connectivity index (χ0) is 15.8. The summed E-state index contributed by atoms with van der Waals surface area (Å²) in [6.45, 7) is 2.63. The molecule has 0 spiro atoms.